The summed E-state index contributed by atoms with van der Waals surface area (Å²) in [5, 5.41) is 72.0. The van der Waals surface area contributed by atoms with Crippen LogP contribution in [0.1, 0.15) is 32.6 Å². The molecule has 2 aliphatic heterocycles. The summed E-state index contributed by atoms with van der Waals surface area (Å²) in [4.78, 5) is 13.0. The molecule has 2 heterocycles. The lowest BCUT2D eigenvalue weighted by Crippen LogP contribution is -2.69. The summed E-state index contributed by atoms with van der Waals surface area (Å²) in [6.45, 7) is 2.28. The van der Waals surface area contributed by atoms with Crippen molar-refractivity contribution in [2.75, 3.05) is 39.8 Å². The van der Waals surface area contributed by atoms with Gasteiger partial charge in [0.1, 0.15) is 41.9 Å². The van der Waals surface area contributed by atoms with Gasteiger partial charge < -0.3 is 88.7 Å². The molecule has 3 aliphatic rings. The number of nitrogens with one attached hydrogen (secondary N) is 5. The van der Waals surface area contributed by atoms with E-state index < -0.39 is 84.9 Å². The van der Waals surface area contributed by atoms with Gasteiger partial charge in [-0.2, -0.15) is 0 Å². The molecule has 0 bridgehead atoms. The summed E-state index contributed by atoms with van der Waals surface area (Å²) in [5.41, 5.74) is 22.1. The zero-order chi connectivity index (χ0) is 34.9. The maximum atomic E-state index is 13.0. The molecule has 0 spiro atoms. The van der Waals surface area contributed by atoms with Gasteiger partial charge in [-0.25, -0.2) is 0 Å². The van der Waals surface area contributed by atoms with E-state index in [1.54, 1.807) is 13.1 Å². The molecule has 13 atom stereocenters. The third-order valence-corrected chi connectivity index (χ3v) is 8.52. The number of aliphatic hydroxyl groups is 5. The molecule has 1 amide bonds. The van der Waals surface area contributed by atoms with Crippen LogP contribution in [-0.4, -0.2) is 156 Å². The SMILES string of the molecule is CN[C@@H]1[C@@H](O)[C@@H](O[C@H]2[C@H](NC(=O)[C@@H](O)CCNC(=N)N)C[C@H](N)C(O[C@H]3OC(CNCC(O)CCN)=CC[C@H]3N)[C@@H]2O)OC[C@]1(C)O. The number of nitrogens with two attached hydrogens (primary N) is 4. The Hall–Kier alpha value is -2.24. The number of aliphatic hydroxyl groups excluding tert-OH is 4. The van der Waals surface area contributed by atoms with Crippen LogP contribution in [0, 0.1) is 5.41 Å². The van der Waals surface area contributed by atoms with Crippen molar-refractivity contribution >= 4 is 11.9 Å². The number of hydrogen-bond acceptors (Lipinski definition) is 16. The lowest BCUT2D eigenvalue weighted by molar-refractivity contribution is -0.304. The van der Waals surface area contributed by atoms with Crippen molar-refractivity contribution in [1.82, 2.24) is 21.3 Å². The summed E-state index contributed by atoms with van der Waals surface area (Å²) < 4.78 is 23.9. The second-order valence-electron chi connectivity index (χ2n) is 12.6. The van der Waals surface area contributed by atoms with Gasteiger partial charge in [0.25, 0.3) is 0 Å². The quantitative estimate of drug-likeness (QED) is 0.0533. The fraction of sp³-hybridized carbons (Fsp3) is 0.857. The van der Waals surface area contributed by atoms with Crippen LogP contribution in [0.2, 0.25) is 0 Å². The standard InChI is InChI=1S/C28H55N9O10/c1-28(43)12-44-26(20(41)23(28)34-2)47-22-17(37-24(42)18(39)6-8-36-27(32)33)9-16(31)21(19(22)40)46-25-15(30)4-3-14(45-25)11-35-10-13(38)5-7-29/h3,13,15-23,25-26,34-35,38-41,43H,4-12,29-31H2,1-2H3,(H,37,42)(H4,32,33,36)/t13?,15-,16+,17-,18+,19+,20-,21?,22+,23-,25-,26-,28+/m1/s1. The van der Waals surface area contributed by atoms with Crippen LogP contribution < -0.4 is 44.2 Å². The Morgan fingerprint density at radius 1 is 1.15 bits per heavy atom. The van der Waals surface area contributed by atoms with Crippen LogP contribution in [0.15, 0.2) is 11.8 Å². The minimum absolute atomic E-state index is 0.0117. The highest BCUT2D eigenvalue weighted by Gasteiger charge is 2.52. The Morgan fingerprint density at radius 3 is 2.51 bits per heavy atom. The van der Waals surface area contributed by atoms with Gasteiger partial charge in [0, 0.05) is 19.1 Å². The number of carbonyl (C=O) groups is 1. The van der Waals surface area contributed by atoms with Crippen LogP contribution in [-0.2, 0) is 23.7 Å². The van der Waals surface area contributed by atoms with E-state index in [4.69, 9.17) is 47.3 Å². The van der Waals surface area contributed by atoms with Crippen LogP contribution in [0.3, 0.4) is 0 Å². The molecule has 2 unspecified atom stereocenters. The molecule has 272 valence electrons. The van der Waals surface area contributed by atoms with Gasteiger partial charge in [0.2, 0.25) is 12.2 Å². The van der Waals surface area contributed by atoms with Crippen molar-refractivity contribution in [3.05, 3.63) is 11.8 Å². The molecule has 0 aromatic heterocycles. The van der Waals surface area contributed by atoms with Crippen molar-refractivity contribution in [1.29, 1.82) is 5.41 Å². The first-order valence-electron chi connectivity index (χ1n) is 15.9. The summed E-state index contributed by atoms with van der Waals surface area (Å²) in [6, 6.07) is -3.32. The Labute approximate surface area is 274 Å². The molecule has 19 nitrogen and oxygen atoms in total. The molecule has 0 radical (unpaired) electrons. The van der Waals surface area contributed by atoms with E-state index in [0.717, 1.165) is 0 Å². The number of hydrogen-bond donors (Lipinski definition) is 14. The molecule has 1 saturated heterocycles. The topological polar surface area (TPSA) is 331 Å². The normalized spacial score (nSPS) is 37.3. The molecule has 0 aromatic rings. The van der Waals surface area contributed by atoms with Gasteiger partial charge in [-0.05, 0) is 52.3 Å². The number of likely N-dealkylation sites (N-methyl/N-ethyl adjacent to an activating group) is 1. The van der Waals surface area contributed by atoms with Gasteiger partial charge >= 0.3 is 0 Å². The molecule has 18 N–H and O–H groups in total. The molecular formula is C28H55N9O10. The fourth-order valence-corrected chi connectivity index (χ4v) is 5.93. The molecular weight excluding hydrogens is 622 g/mol. The minimum atomic E-state index is -1.51. The van der Waals surface area contributed by atoms with Gasteiger partial charge in [-0.1, -0.05) is 0 Å². The first-order valence-corrected chi connectivity index (χ1v) is 15.9. The van der Waals surface area contributed by atoms with Gasteiger partial charge in [-0.15, -0.1) is 0 Å². The highest BCUT2D eigenvalue weighted by molar-refractivity contribution is 5.81. The number of rotatable bonds is 16. The van der Waals surface area contributed by atoms with Crippen LogP contribution in [0.4, 0.5) is 0 Å². The Kier molecular flexibility index (Phi) is 15.0. The van der Waals surface area contributed by atoms with E-state index in [9.17, 15) is 30.3 Å². The number of carbonyl (C=O) groups excluding carboxylic acids is 1. The molecule has 2 fully saturated rings. The monoisotopic (exact) mass is 677 g/mol. The van der Waals surface area contributed by atoms with E-state index in [-0.39, 0.29) is 38.5 Å². The van der Waals surface area contributed by atoms with E-state index in [2.05, 4.69) is 21.3 Å². The lowest BCUT2D eigenvalue weighted by atomic mass is 9.83. The third-order valence-electron chi connectivity index (χ3n) is 8.52. The van der Waals surface area contributed by atoms with Gasteiger partial charge in [-0.3, -0.25) is 10.2 Å². The van der Waals surface area contributed by atoms with Gasteiger partial charge in [0.15, 0.2) is 12.2 Å². The number of ether oxygens (including phenoxy) is 4. The molecule has 0 aromatic carbocycles. The number of guanidine groups is 1. The van der Waals surface area contributed by atoms with E-state index in [1.807, 2.05) is 0 Å². The second kappa shape index (κ2) is 18.0. The van der Waals surface area contributed by atoms with Crippen molar-refractivity contribution < 1.29 is 49.3 Å². The minimum Gasteiger partial charge on any atom is -0.467 e. The summed E-state index contributed by atoms with van der Waals surface area (Å²) in [5.74, 6) is -0.582. The second-order valence-corrected chi connectivity index (χ2v) is 12.6. The smallest absolute Gasteiger partial charge is 0.249 e. The van der Waals surface area contributed by atoms with Crippen molar-refractivity contribution in [3.8, 4) is 0 Å². The summed E-state index contributed by atoms with van der Waals surface area (Å²) in [6.07, 6.45) is -7.16. The Morgan fingerprint density at radius 2 is 1.85 bits per heavy atom. The van der Waals surface area contributed by atoms with E-state index >= 15 is 0 Å². The first-order chi connectivity index (χ1) is 22.2. The predicted octanol–water partition coefficient (Wildman–Crippen LogP) is -6.12. The maximum Gasteiger partial charge on any atom is 0.249 e. The predicted molar refractivity (Wildman–Crippen MR) is 168 cm³/mol. The third kappa shape index (κ3) is 10.9. The molecule has 1 aliphatic carbocycles. The first kappa shape index (κ1) is 39.2. The Balaban J connectivity index is 1.75. The zero-order valence-electron chi connectivity index (χ0n) is 27.0. The zero-order valence-corrected chi connectivity index (χ0v) is 27.0. The highest BCUT2D eigenvalue weighted by atomic mass is 16.7. The lowest BCUT2D eigenvalue weighted by Gasteiger charge is -2.49. The van der Waals surface area contributed by atoms with Crippen LogP contribution in [0.25, 0.3) is 0 Å². The van der Waals surface area contributed by atoms with Gasteiger partial charge in [0.05, 0.1) is 37.4 Å². The molecule has 1 saturated carbocycles. The van der Waals surface area contributed by atoms with Crippen LogP contribution >= 0.6 is 0 Å². The summed E-state index contributed by atoms with van der Waals surface area (Å²) >= 11 is 0. The van der Waals surface area contributed by atoms with Crippen LogP contribution in [0.5, 0.6) is 0 Å². The largest absolute Gasteiger partial charge is 0.467 e. The molecule has 19 heteroatoms. The molecule has 47 heavy (non-hydrogen) atoms. The van der Waals surface area contributed by atoms with Crippen molar-refractivity contribution in [2.24, 2.45) is 22.9 Å². The van der Waals surface area contributed by atoms with E-state index in [0.29, 0.717) is 31.7 Å². The maximum absolute atomic E-state index is 13.0. The fourth-order valence-electron chi connectivity index (χ4n) is 5.93. The van der Waals surface area contributed by atoms with Crippen molar-refractivity contribution in [3.63, 3.8) is 0 Å². The number of amides is 1. The van der Waals surface area contributed by atoms with E-state index in [1.165, 1.54) is 6.92 Å². The molecule has 3 rings (SSSR count). The highest BCUT2D eigenvalue weighted by Crippen LogP contribution is 2.32. The van der Waals surface area contributed by atoms with Crippen molar-refractivity contribution in [2.45, 2.75) is 112 Å². The average Bonchev–Trinajstić information content (AvgIpc) is 2.99. The average molecular weight is 678 g/mol. The summed E-state index contributed by atoms with van der Waals surface area (Å²) in [7, 11) is 1.56. The Bertz CT molecular complexity index is 1040.